The van der Waals surface area contributed by atoms with Gasteiger partial charge in [-0.2, -0.15) is 13.2 Å². The Morgan fingerprint density at radius 2 is 1.87 bits per heavy atom. The van der Waals surface area contributed by atoms with Crippen LogP contribution in [0.15, 0.2) is 22.7 Å². The van der Waals surface area contributed by atoms with Crippen LogP contribution in [0.3, 0.4) is 0 Å². The Balaban J connectivity index is 2.41. The Labute approximate surface area is 141 Å². The quantitative estimate of drug-likeness (QED) is 0.683. The third-order valence-electron chi connectivity index (χ3n) is 3.01. The van der Waals surface area contributed by atoms with Crippen LogP contribution >= 0.6 is 15.9 Å². The minimum absolute atomic E-state index is 0.0685. The van der Waals surface area contributed by atoms with Crippen LogP contribution < -0.4 is 10.6 Å². The van der Waals surface area contributed by atoms with Crippen LogP contribution in [0.2, 0.25) is 0 Å². The third-order valence-corrected chi connectivity index (χ3v) is 3.70. The standard InChI is InChI=1S/C15H18BrF3N2O2/c1-10(22)20-8-4-2-3-5-14(23)21-11-6-7-13(16)12(9-11)15(17,18)19/h6-7,9H,2-5,8H2,1H3,(H,20,22)(H,21,23). The fraction of sp³-hybridized carbons (Fsp3) is 0.467. The summed E-state index contributed by atoms with van der Waals surface area (Å²) in [5.41, 5.74) is -0.714. The maximum Gasteiger partial charge on any atom is 0.417 e. The van der Waals surface area contributed by atoms with Crippen LogP contribution in [-0.2, 0) is 15.8 Å². The second-order valence-corrected chi connectivity index (χ2v) is 5.89. The highest BCUT2D eigenvalue weighted by Gasteiger charge is 2.33. The van der Waals surface area contributed by atoms with E-state index in [1.54, 1.807) is 0 Å². The van der Waals surface area contributed by atoms with E-state index in [2.05, 4.69) is 26.6 Å². The monoisotopic (exact) mass is 394 g/mol. The molecule has 8 heteroatoms. The second kappa shape index (κ2) is 8.90. The molecule has 0 aliphatic heterocycles. The van der Waals surface area contributed by atoms with Crippen LogP contribution in [0.25, 0.3) is 0 Å². The number of carbonyl (C=O) groups excluding carboxylic acids is 2. The third kappa shape index (κ3) is 7.49. The number of nitrogens with one attached hydrogen (secondary N) is 2. The van der Waals surface area contributed by atoms with Crippen molar-refractivity contribution in [3.8, 4) is 0 Å². The normalized spacial score (nSPS) is 11.2. The Morgan fingerprint density at radius 1 is 1.17 bits per heavy atom. The molecule has 2 amide bonds. The molecule has 0 saturated carbocycles. The van der Waals surface area contributed by atoms with Gasteiger partial charge >= 0.3 is 6.18 Å². The topological polar surface area (TPSA) is 58.2 Å². The summed E-state index contributed by atoms with van der Waals surface area (Å²) in [4.78, 5) is 22.4. The molecule has 1 aromatic rings. The molecule has 128 valence electrons. The molecule has 0 aliphatic carbocycles. The van der Waals surface area contributed by atoms with Gasteiger partial charge in [0, 0.05) is 30.0 Å². The van der Waals surface area contributed by atoms with Crippen molar-refractivity contribution in [3.05, 3.63) is 28.2 Å². The van der Waals surface area contributed by atoms with Gasteiger partial charge in [-0.15, -0.1) is 0 Å². The van der Waals surface area contributed by atoms with E-state index in [-0.39, 0.29) is 28.4 Å². The maximum atomic E-state index is 12.8. The highest BCUT2D eigenvalue weighted by Crippen LogP contribution is 2.36. The molecule has 0 unspecified atom stereocenters. The zero-order valence-corrected chi connectivity index (χ0v) is 14.2. The minimum atomic E-state index is -4.48. The van der Waals surface area contributed by atoms with E-state index >= 15 is 0 Å². The molecule has 0 radical (unpaired) electrons. The lowest BCUT2D eigenvalue weighted by molar-refractivity contribution is -0.138. The number of unbranched alkanes of at least 4 members (excludes halogenated alkanes) is 2. The van der Waals surface area contributed by atoms with Gasteiger partial charge in [0.05, 0.1) is 5.56 Å². The van der Waals surface area contributed by atoms with Crippen molar-refractivity contribution in [1.82, 2.24) is 5.32 Å². The number of halogens is 4. The van der Waals surface area contributed by atoms with E-state index in [0.717, 1.165) is 18.9 Å². The number of alkyl halides is 3. The average Bonchev–Trinajstić information content (AvgIpc) is 2.43. The first-order valence-electron chi connectivity index (χ1n) is 7.11. The summed E-state index contributed by atoms with van der Waals surface area (Å²) in [5, 5.41) is 5.11. The second-order valence-electron chi connectivity index (χ2n) is 5.03. The van der Waals surface area contributed by atoms with Crippen molar-refractivity contribution < 1.29 is 22.8 Å². The van der Waals surface area contributed by atoms with Crippen molar-refractivity contribution in [1.29, 1.82) is 0 Å². The highest BCUT2D eigenvalue weighted by molar-refractivity contribution is 9.10. The maximum absolute atomic E-state index is 12.8. The molecule has 0 fully saturated rings. The van der Waals surface area contributed by atoms with Crippen LogP contribution in [0.5, 0.6) is 0 Å². The summed E-state index contributed by atoms with van der Waals surface area (Å²) < 4.78 is 38.2. The van der Waals surface area contributed by atoms with Gasteiger partial charge < -0.3 is 10.6 Å². The van der Waals surface area contributed by atoms with Crippen molar-refractivity contribution in [2.75, 3.05) is 11.9 Å². The summed E-state index contributed by atoms with van der Waals surface area (Å²) in [5.74, 6) is -0.432. The minimum Gasteiger partial charge on any atom is -0.356 e. The van der Waals surface area contributed by atoms with E-state index in [1.807, 2.05) is 0 Å². The molecular weight excluding hydrogens is 377 g/mol. The number of carbonyl (C=O) groups is 2. The lowest BCUT2D eigenvalue weighted by Gasteiger charge is -2.12. The number of amides is 2. The summed E-state index contributed by atoms with van der Waals surface area (Å²) in [6.45, 7) is 1.99. The van der Waals surface area contributed by atoms with Crippen molar-refractivity contribution >= 4 is 33.4 Å². The van der Waals surface area contributed by atoms with Crippen LogP contribution in [0.4, 0.5) is 18.9 Å². The molecule has 0 saturated heterocycles. The van der Waals surface area contributed by atoms with E-state index in [4.69, 9.17) is 0 Å². The summed E-state index contributed by atoms with van der Waals surface area (Å²) >= 11 is 2.85. The van der Waals surface area contributed by atoms with Crippen molar-refractivity contribution in [2.24, 2.45) is 0 Å². The lowest BCUT2D eigenvalue weighted by Crippen LogP contribution is -2.20. The molecule has 0 aliphatic rings. The molecule has 0 bridgehead atoms. The van der Waals surface area contributed by atoms with E-state index in [9.17, 15) is 22.8 Å². The van der Waals surface area contributed by atoms with Crippen molar-refractivity contribution in [3.63, 3.8) is 0 Å². The number of anilines is 1. The fourth-order valence-electron chi connectivity index (χ4n) is 1.90. The Morgan fingerprint density at radius 3 is 2.48 bits per heavy atom. The van der Waals surface area contributed by atoms with Crippen LogP contribution in [0.1, 0.15) is 38.2 Å². The molecule has 1 rings (SSSR count). The number of hydrogen-bond acceptors (Lipinski definition) is 2. The first-order chi connectivity index (χ1) is 10.7. The summed E-state index contributed by atoms with van der Waals surface area (Å²) in [6.07, 6.45) is -2.15. The molecule has 4 nitrogen and oxygen atoms in total. The van der Waals surface area contributed by atoms with Crippen LogP contribution in [-0.4, -0.2) is 18.4 Å². The molecule has 2 N–H and O–H groups in total. The lowest BCUT2D eigenvalue weighted by atomic mass is 10.1. The molecule has 0 heterocycles. The summed E-state index contributed by atoms with van der Waals surface area (Å²) in [6, 6.07) is 3.57. The van der Waals surface area contributed by atoms with Gasteiger partial charge in [0.15, 0.2) is 0 Å². The molecule has 1 aromatic carbocycles. The molecule has 0 spiro atoms. The Bertz CT molecular complexity index is 562. The predicted molar refractivity (Wildman–Crippen MR) is 84.9 cm³/mol. The number of rotatable bonds is 7. The molecule has 0 atom stereocenters. The highest BCUT2D eigenvalue weighted by atomic mass is 79.9. The van der Waals surface area contributed by atoms with Gasteiger partial charge in [-0.25, -0.2) is 0 Å². The molecular formula is C15H18BrF3N2O2. The Kier molecular flexibility index (Phi) is 7.54. The van der Waals surface area contributed by atoms with Gasteiger partial charge in [-0.05, 0) is 31.0 Å². The first-order valence-corrected chi connectivity index (χ1v) is 7.90. The smallest absolute Gasteiger partial charge is 0.356 e. The van der Waals surface area contributed by atoms with Crippen LogP contribution in [0, 0.1) is 0 Å². The molecule has 23 heavy (non-hydrogen) atoms. The van der Waals surface area contributed by atoms with Gasteiger partial charge in [0.25, 0.3) is 0 Å². The zero-order chi connectivity index (χ0) is 17.5. The van der Waals surface area contributed by atoms with E-state index < -0.39 is 11.7 Å². The van der Waals surface area contributed by atoms with Gasteiger partial charge in [0.2, 0.25) is 11.8 Å². The first kappa shape index (κ1) is 19.5. The fourth-order valence-corrected chi connectivity index (χ4v) is 2.37. The average molecular weight is 395 g/mol. The SMILES string of the molecule is CC(=O)NCCCCCC(=O)Nc1ccc(Br)c(C(F)(F)F)c1. The summed E-state index contributed by atoms with van der Waals surface area (Å²) in [7, 11) is 0. The predicted octanol–water partition coefficient (Wildman–Crippen LogP) is 4.10. The van der Waals surface area contributed by atoms with E-state index in [0.29, 0.717) is 13.0 Å². The molecule has 0 aromatic heterocycles. The largest absolute Gasteiger partial charge is 0.417 e. The van der Waals surface area contributed by atoms with Crippen molar-refractivity contribution in [2.45, 2.75) is 38.8 Å². The zero-order valence-electron chi connectivity index (χ0n) is 12.6. The number of benzene rings is 1. The van der Waals surface area contributed by atoms with E-state index in [1.165, 1.54) is 19.1 Å². The van der Waals surface area contributed by atoms with Gasteiger partial charge in [-0.3, -0.25) is 9.59 Å². The Hall–Kier alpha value is -1.57. The van der Waals surface area contributed by atoms with Gasteiger partial charge in [0.1, 0.15) is 0 Å². The van der Waals surface area contributed by atoms with Gasteiger partial charge in [-0.1, -0.05) is 22.4 Å². The number of hydrogen-bond donors (Lipinski definition) is 2.